The van der Waals surface area contributed by atoms with Crippen molar-refractivity contribution in [2.24, 2.45) is 0 Å². The summed E-state index contributed by atoms with van der Waals surface area (Å²) in [6.07, 6.45) is 6.79. The molecule has 0 saturated heterocycles. The van der Waals surface area contributed by atoms with Crippen LogP contribution in [0.5, 0.6) is 0 Å². The maximum Gasteiger partial charge on any atom is 0.309 e. The van der Waals surface area contributed by atoms with Crippen molar-refractivity contribution in [1.82, 2.24) is 15.0 Å². The van der Waals surface area contributed by atoms with Gasteiger partial charge in [-0.05, 0) is 66.9 Å². The number of hydrogen-bond acceptors (Lipinski definition) is 6. The van der Waals surface area contributed by atoms with E-state index in [1.807, 2.05) is 42.5 Å². The molecule has 3 aromatic heterocycles. The molecule has 0 bridgehead atoms. The number of methoxy groups -OCH3 is 1. The van der Waals surface area contributed by atoms with Crippen LogP contribution in [0, 0.1) is 0 Å². The predicted octanol–water partition coefficient (Wildman–Crippen LogP) is 4.41. The van der Waals surface area contributed by atoms with Gasteiger partial charge < -0.3 is 10.1 Å². The van der Waals surface area contributed by atoms with Crippen molar-refractivity contribution in [1.29, 1.82) is 0 Å². The summed E-state index contributed by atoms with van der Waals surface area (Å²) in [7, 11) is 1.36. The average molecular weight is 467 g/mol. The molecule has 0 aliphatic carbocycles. The molecule has 3 heterocycles. The maximum atomic E-state index is 12.7. The molecule has 4 rings (SSSR count). The zero-order valence-corrected chi connectivity index (χ0v) is 19.4. The summed E-state index contributed by atoms with van der Waals surface area (Å²) in [5, 5.41) is 2.87. The van der Waals surface area contributed by atoms with Crippen molar-refractivity contribution in [3.05, 3.63) is 120 Å². The zero-order chi connectivity index (χ0) is 24.5. The van der Waals surface area contributed by atoms with Gasteiger partial charge in [-0.2, -0.15) is 0 Å². The molecule has 0 saturated carbocycles. The SMILES string of the molecule is COC(=O)Cc1ccc(NC(=O)c2ccc(C(Cc3ccccn3)Cc3ccccn3)nc2)cc1. The summed E-state index contributed by atoms with van der Waals surface area (Å²) in [6, 6.07) is 22.5. The van der Waals surface area contributed by atoms with Gasteiger partial charge in [-0.1, -0.05) is 24.3 Å². The van der Waals surface area contributed by atoms with Gasteiger partial charge >= 0.3 is 5.97 Å². The molecule has 0 unspecified atom stereocenters. The monoisotopic (exact) mass is 466 g/mol. The second-order valence-corrected chi connectivity index (χ2v) is 8.12. The molecule has 0 atom stereocenters. The number of benzene rings is 1. The number of nitrogens with zero attached hydrogens (tertiary/aromatic N) is 3. The minimum absolute atomic E-state index is 0.0688. The lowest BCUT2D eigenvalue weighted by Crippen LogP contribution is -2.14. The number of ether oxygens (including phenoxy) is 1. The molecule has 1 N–H and O–H groups in total. The largest absolute Gasteiger partial charge is 0.469 e. The number of hydrogen-bond donors (Lipinski definition) is 1. The fraction of sp³-hybridized carbons (Fsp3) is 0.179. The van der Waals surface area contributed by atoms with Crippen molar-refractivity contribution < 1.29 is 14.3 Å². The molecule has 0 aliphatic rings. The zero-order valence-electron chi connectivity index (χ0n) is 19.4. The summed E-state index contributed by atoms with van der Waals surface area (Å²) in [6.45, 7) is 0. The molecule has 7 nitrogen and oxygen atoms in total. The van der Waals surface area contributed by atoms with E-state index in [1.54, 1.807) is 48.9 Å². The Balaban J connectivity index is 1.45. The van der Waals surface area contributed by atoms with Crippen molar-refractivity contribution in [2.75, 3.05) is 12.4 Å². The smallest absolute Gasteiger partial charge is 0.309 e. The first kappa shape index (κ1) is 23.8. The van der Waals surface area contributed by atoms with Crippen molar-refractivity contribution in [3.63, 3.8) is 0 Å². The first-order valence-electron chi connectivity index (χ1n) is 11.3. The second kappa shape index (κ2) is 11.7. The standard InChI is InChI=1S/C28H26N4O3/c1-35-27(33)16-20-8-11-23(12-9-20)32-28(34)21-10-13-26(31-19-21)22(17-24-6-2-4-14-29-24)18-25-7-3-5-15-30-25/h2-15,19,22H,16-18H2,1H3,(H,32,34). The van der Waals surface area contributed by atoms with E-state index in [1.165, 1.54) is 7.11 Å². The normalized spacial score (nSPS) is 10.7. The molecular formula is C28H26N4O3. The van der Waals surface area contributed by atoms with E-state index >= 15 is 0 Å². The quantitative estimate of drug-likeness (QED) is 0.367. The van der Waals surface area contributed by atoms with E-state index < -0.39 is 0 Å². The third-order valence-corrected chi connectivity index (χ3v) is 5.62. The van der Waals surface area contributed by atoms with E-state index in [0.29, 0.717) is 24.1 Å². The van der Waals surface area contributed by atoms with Crippen molar-refractivity contribution in [3.8, 4) is 0 Å². The van der Waals surface area contributed by atoms with Crippen LogP contribution in [0.25, 0.3) is 0 Å². The molecule has 4 aromatic rings. The van der Waals surface area contributed by atoms with Gasteiger partial charge in [-0.25, -0.2) is 0 Å². The maximum absolute atomic E-state index is 12.7. The number of carbonyl (C=O) groups is 2. The fourth-order valence-electron chi connectivity index (χ4n) is 3.75. The lowest BCUT2D eigenvalue weighted by Gasteiger charge is -2.16. The fourth-order valence-corrected chi connectivity index (χ4v) is 3.75. The van der Waals surface area contributed by atoms with Crippen LogP contribution in [0.2, 0.25) is 0 Å². The van der Waals surface area contributed by atoms with Gasteiger partial charge in [-0.3, -0.25) is 24.5 Å². The first-order chi connectivity index (χ1) is 17.1. The van der Waals surface area contributed by atoms with Gasteiger partial charge in [0.2, 0.25) is 0 Å². The van der Waals surface area contributed by atoms with E-state index in [9.17, 15) is 9.59 Å². The molecule has 1 aromatic carbocycles. The summed E-state index contributed by atoms with van der Waals surface area (Å²) >= 11 is 0. The van der Waals surface area contributed by atoms with Crippen LogP contribution in [-0.4, -0.2) is 33.9 Å². The third-order valence-electron chi connectivity index (χ3n) is 5.62. The van der Waals surface area contributed by atoms with Crippen molar-refractivity contribution >= 4 is 17.6 Å². The Morgan fingerprint density at radius 2 is 1.49 bits per heavy atom. The summed E-state index contributed by atoms with van der Waals surface area (Å²) in [5.41, 5.74) is 4.75. The number of pyridine rings is 3. The highest BCUT2D eigenvalue weighted by Gasteiger charge is 2.17. The Labute approximate surface area is 204 Å². The minimum atomic E-state index is -0.308. The summed E-state index contributed by atoms with van der Waals surface area (Å²) < 4.78 is 4.68. The van der Waals surface area contributed by atoms with Crippen LogP contribution in [0.1, 0.15) is 38.9 Å². The van der Waals surface area contributed by atoms with Crippen LogP contribution in [0.3, 0.4) is 0 Å². The molecule has 0 aliphatic heterocycles. The Morgan fingerprint density at radius 1 is 0.829 bits per heavy atom. The molecule has 7 heteroatoms. The number of nitrogens with one attached hydrogen (secondary N) is 1. The van der Waals surface area contributed by atoms with Gasteiger partial charge in [0.05, 0.1) is 19.1 Å². The van der Waals surface area contributed by atoms with Crippen LogP contribution < -0.4 is 5.32 Å². The number of anilines is 1. The highest BCUT2D eigenvalue weighted by Crippen LogP contribution is 2.23. The lowest BCUT2D eigenvalue weighted by atomic mass is 9.92. The number of rotatable bonds is 9. The lowest BCUT2D eigenvalue weighted by molar-refractivity contribution is -0.139. The highest BCUT2D eigenvalue weighted by atomic mass is 16.5. The third kappa shape index (κ3) is 6.80. The number of aromatic nitrogens is 3. The molecule has 176 valence electrons. The molecular weight excluding hydrogens is 440 g/mol. The molecule has 35 heavy (non-hydrogen) atoms. The van der Waals surface area contributed by atoms with Gasteiger partial charge in [0.25, 0.3) is 5.91 Å². The molecule has 1 amide bonds. The van der Waals surface area contributed by atoms with Gasteiger partial charge in [0.1, 0.15) is 0 Å². The van der Waals surface area contributed by atoms with E-state index in [2.05, 4.69) is 25.0 Å². The van der Waals surface area contributed by atoms with Crippen molar-refractivity contribution in [2.45, 2.75) is 25.2 Å². The Bertz CT molecular complexity index is 1200. The number of carbonyl (C=O) groups excluding carboxylic acids is 2. The first-order valence-corrected chi connectivity index (χ1v) is 11.3. The second-order valence-electron chi connectivity index (χ2n) is 8.12. The van der Waals surface area contributed by atoms with Crippen LogP contribution in [0.15, 0.2) is 91.4 Å². The van der Waals surface area contributed by atoms with Crippen LogP contribution in [-0.2, 0) is 28.8 Å². The predicted molar refractivity (Wildman–Crippen MR) is 133 cm³/mol. The number of esters is 1. The minimum Gasteiger partial charge on any atom is -0.469 e. The van der Waals surface area contributed by atoms with Gasteiger partial charge in [-0.15, -0.1) is 0 Å². The summed E-state index contributed by atoms with van der Waals surface area (Å²) in [4.78, 5) is 37.7. The molecule has 0 spiro atoms. The Morgan fingerprint density at radius 3 is 2.00 bits per heavy atom. The molecule has 0 radical (unpaired) electrons. The summed E-state index contributed by atoms with van der Waals surface area (Å²) in [5.74, 6) is -0.493. The van der Waals surface area contributed by atoms with E-state index in [0.717, 1.165) is 22.6 Å². The topological polar surface area (TPSA) is 94.1 Å². The Kier molecular flexibility index (Phi) is 7.91. The van der Waals surface area contributed by atoms with E-state index in [-0.39, 0.29) is 24.2 Å². The number of amides is 1. The van der Waals surface area contributed by atoms with Crippen LogP contribution >= 0.6 is 0 Å². The highest BCUT2D eigenvalue weighted by molar-refractivity contribution is 6.04. The Hall–Kier alpha value is -4.39. The molecule has 0 fully saturated rings. The average Bonchev–Trinajstić information content (AvgIpc) is 2.90. The van der Waals surface area contributed by atoms with Crippen LogP contribution in [0.4, 0.5) is 5.69 Å². The van der Waals surface area contributed by atoms with Gasteiger partial charge in [0, 0.05) is 47.3 Å². The van der Waals surface area contributed by atoms with E-state index in [4.69, 9.17) is 0 Å². The van der Waals surface area contributed by atoms with Gasteiger partial charge in [0.15, 0.2) is 0 Å².